The molecule has 6 heteroatoms. The molecule has 0 saturated carbocycles. The second-order valence-electron chi connectivity index (χ2n) is 2.73. The number of halogens is 3. The molecule has 1 aromatic carbocycles. The molecule has 0 N–H and O–H groups in total. The van der Waals surface area contributed by atoms with E-state index in [1.54, 1.807) is 0 Å². The van der Waals surface area contributed by atoms with E-state index in [1.807, 2.05) is 0 Å². The molecule has 2 nitrogen and oxygen atoms in total. The van der Waals surface area contributed by atoms with Gasteiger partial charge in [0.15, 0.2) is 0 Å². The zero-order chi connectivity index (χ0) is 10.8. The van der Waals surface area contributed by atoms with Crippen molar-refractivity contribution in [3.63, 3.8) is 0 Å². The number of rotatable bonds is 3. The van der Waals surface area contributed by atoms with Gasteiger partial charge in [-0.05, 0) is 30.2 Å². The minimum Gasteiger partial charge on any atom is -0.207 e. The van der Waals surface area contributed by atoms with E-state index in [0.717, 1.165) is 18.2 Å². The third-order valence-corrected chi connectivity index (χ3v) is 2.31. The van der Waals surface area contributed by atoms with Crippen LogP contribution in [0.15, 0.2) is 18.2 Å². The van der Waals surface area contributed by atoms with Crippen LogP contribution >= 0.6 is 0 Å². The van der Waals surface area contributed by atoms with Gasteiger partial charge in [0.2, 0.25) is 0 Å². The lowest BCUT2D eigenvalue weighted by Gasteiger charge is -2.00. The Bertz CT molecular complexity index is 428. The summed E-state index contributed by atoms with van der Waals surface area (Å²) in [7, 11) is -4.64. The molecule has 0 atom stereocenters. The molecule has 1 rings (SSSR count). The molecule has 14 heavy (non-hydrogen) atoms. The van der Waals surface area contributed by atoms with E-state index in [9.17, 15) is 21.1 Å². The van der Waals surface area contributed by atoms with E-state index in [2.05, 4.69) is 0 Å². The van der Waals surface area contributed by atoms with Gasteiger partial charge in [-0.15, -0.1) is 3.89 Å². The van der Waals surface area contributed by atoms with Crippen molar-refractivity contribution in [2.75, 3.05) is 5.75 Å². The monoisotopic (exact) mass is 224 g/mol. The molecule has 0 aliphatic heterocycles. The SMILES string of the molecule is O=S(=O)(F)CCc1cc(F)ccc1F. The summed E-state index contributed by atoms with van der Waals surface area (Å²) in [6.07, 6.45) is -0.373. The number of hydrogen-bond donors (Lipinski definition) is 0. The first kappa shape index (κ1) is 11.0. The molecule has 0 bridgehead atoms. The van der Waals surface area contributed by atoms with Gasteiger partial charge in [-0.25, -0.2) is 8.78 Å². The van der Waals surface area contributed by atoms with Crippen LogP contribution in [-0.2, 0) is 16.6 Å². The molecular weight excluding hydrogens is 217 g/mol. The average molecular weight is 224 g/mol. The third kappa shape index (κ3) is 3.37. The van der Waals surface area contributed by atoms with E-state index in [1.165, 1.54) is 0 Å². The maximum atomic E-state index is 12.9. The molecule has 0 spiro atoms. The average Bonchev–Trinajstić information content (AvgIpc) is 2.05. The lowest BCUT2D eigenvalue weighted by atomic mass is 10.1. The van der Waals surface area contributed by atoms with Crippen LogP contribution in [0.4, 0.5) is 12.7 Å². The van der Waals surface area contributed by atoms with Gasteiger partial charge in [0.25, 0.3) is 0 Å². The summed E-state index contributed by atoms with van der Waals surface area (Å²) in [6.45, 7) is 0. The Hall–Kier alpha value is -1.04. The summed E-state index contributed by atoms with van der Waals surface area (Å²) < 4.78 is 57.7. The minimum absolute atomic E-state index is 0.147. The van der Waals surface area contributed by atoms with Crippen molar-refractivity contribution >= 4 is 10.2 Å². The number of benzene rings is 1. The first-order valence-electron chi connectivity index (χ1n) is 3.75. The fourth-order valence-corrected chi connectivity index (χ4v) is 1.43. The summed E-state index contributed by atoms with van der Waals surface area (Å²) >= 11 is 0. The fourth-order valence-electron chi connectivity index (χ4n) is 0.967. The molecular formula is C8H7F3O2S. The Morgan fingerprint density at radius 2 is 1.86 bits per heavy atom. The number of hydrogen-bond acceptors (Lipinski definition) is 2. The van der Waals surface area contributed by atoms with Gasteiger partial charge in [-0.3, -0.25) is 0 Å². The van der Waals surface area contributed by atoms with E-state index < -0.39 is 27.6 Å². The summed E-state index contributed by atoms with van der Waals surface area (Å²) in [4.78, 5) is 0. The minimum atomic E-state index is -4.64. The van der Waals surface area contributed by atoms with Crippen molar-refractivity contribution in [2.24, 2.45) is 0 Å². The molecule has 0 aliphatic carbocycles. The van der Waals surface area contributed by atoms with Crippen molar-refractivity contribution < 1.29 is 21.1 Å². The van der Waals surface area contributed by atoms with Crippen LogP contribution in [0.2, 0.25) is 0 Å². The largest absolute Gasteiger partial charge is 0.302 e. The van der Waals surface area contributed by atoms with Crippen LogP contribution in [-0.4, -0.2) is 14.2 Å². The second kappa shape index (κ2) is 4.00. The zero-order valence-corrected chi connectivity index (χ0v) is 7.82. The quantitative estimate of drug-likeness (QED) is 0.734. The molecule has 0 radical (unpaired) electrons. The maximum absolute atomic E-state index is 12.9. The molecule has 0 unspecified atom stereocenters. The lowest BCUT2D eigenvalue weighted by molar-refractivity contribution is 0.548. The van der Waals surface area contributed by atoms with Crippen LogP contribution in [0, 0.1) is 11.6 Å². The zero-order valence-electron chi connectivity index (χ0n) is 7.00. The molecule has 0 amide bonds. The highest BCUT2D eigenvalue weighted by molar-refractivity contribution is 7.86. The summed E-state index contributed by atoms with van der Waals surface area (Å²) in [5, 5.41) is 0. The van der Waals surface area contributed by atoms with E-state index >= 15 is 0 Å². The van der Waals surface area contributed by atoms with Gasteiger partial charge in [0, 0.05) is 0 Å². The van der Waals surface area contributed by atoms with Crippen LogP contribution < -0.4 is 0 Å². The Labute approximate surface area is 79.6 Å². The maximum Gasteiger partial charge on any atom is 0.302 e. The van der Waals surface area contributed by atoms with E-state index in [-0.39, 0.29) is 12.0 Å². The van der Waals surface area contributed by atoms with Gasteiger partial charge >= 0.3 is 10.2 Å². The molecule has 1 aromatic rings. The van der Waals surface area contributed by atoms with Gasteiger partial charge in [0.05, 0.1) is 5.75 Å². The Morgan fingerprint density at radius 3 is 2.43 bits per heavy atom. The van der Waals surface area contributed by atoms with Gasteiger partial charge in [-0.2, -0.15) is 8.42 Å². The van der Waals surface area contributed by atoms with Crippen LogP contribution in [0.25, 0.3) is 0 Å². The normalized spacial score (nSPS) is 11.6. The van der Waals surface area contributed by atoms with Gasteiger partial charge in [0.1, 0.15) is 11.6 Å². The topological polar surface area (TPSA) is 34.1 Å². The van der Waals surface area contributed by atoms with Crippen molar-refractivity contribution in [2.45, 2.75) is 6.42 Å². The molecule has 0 fully saturated rings. The van der Waals surface area contributed by atoms with Crippen molar-refractivity contribution in [1.29, 1.82) is 0 Å². The predicted octanol–water partition coefficient (Wildman–Crippen LogP) is 1.81. The molecule has 0 heterocycles. The Morgan fingerprint density at radius 1 is 1.21 bits per heavy atom. The molecule has 0 aromatic heterocycles. The predicted molar refractivity (Wildman–Crippen MR) is 45.0 cm³/mol. The summed E-state index contributed by atoms with van der Waals surface area (Å²) in [6, 6.07) is 2.62. The van der Waals surface area contributed by atoms with E-state index in [0.29, 0.717) is 0 Å². The standard InChI is InChI=1S/C8H7F3O2S/c9-7-1-2-8(10)6(5-7)3-4-14(11,12)13/h1-2,5H,3-4H2. The number of aryl methyl sites for hydroxylation is 1. The third-order valence-electron chi connectivity index (χ3n) is 1.62. The molecule has 78 valence electrons. The molecule has 0 aliphatic rings. The summed E-state index contributed by atoms with van der Waals surface area (Å²) in [5.74, 6) is -2.26. The van der Waals surface area contributed by atoms with Crippen LogP contribution in [0.5, 0.6) is 0 Å². The van der Waals surface area contributed by atoms with Crippen molar-refractivity contribution in [3.05, 3.63) is 35.4 Å². The highest BCUT2D eigenvalue weighted by Crippen LogP contribution is 2.11. The highest BCUT2D eigenvalue weighted by atomic mass is 32.3. The van der Waals surface area contributed by atoms with Crippen LogP contribution in [0.1, 0.15) is 5.56 Å². The van der Waals surface area contributed by atoms with Crippen molar-refractivity contribution in [1.82, 2.24) is 0 Å². The van der Waals surface area contributed by atoms with Crippen molar-refractivity contribution in [3.8, 4) is 0 Å². The first-order chi connectivity index (χ1) is 6.38. The first-order valence-corrected chi connectivity index (χ1v) is 5.30. The lowest BCUT2D eigenvalue weighted by Crippen LogP contribution is -2.04. The van der Waals surface area contributed by atoms with E-state index in [4.69, 9.17) is 0 Å². The summed E-state index contributed by atoms with van der Waals surface area (Å²) in [5.41, 5.74) is -0.147. The fraction of sp³-hybridized carbons (Fsp3) is 0.250. The Kier molecular flexibility index (Phi) is 3.15. The van der Waals surface area contributed by atoms with Gasteiger partial charge in [-0.1, -0.05) is 0 Å². The van der Waals surface area contributed by atoms with Gasteiger partial charge < -0.3 is 0 Å². The Balaban J connectivity index is 2.81. The molecule has 0 saturated heterocycles. The highest BCUT2D eigenvalue weighted by Gasteiger charge is 2.10. The van der Waals surface area contributed by atoms with Crippen LogP contribution in [0.3, 0.4) is 0 Å². The smallest absolute Gasteiger partial charge is 0.207 e. The second-order valence-corrected chi connectivity index (χ2v) is 4.21.